The number of rotatable bonds is 2. The highest BCUT2D eigenvalue weighted by molar-refractivity contribution is 8.03. The van der Waals surface area contributed by atoms with Gasteiger partial charge in [-0.15, -0.1) is 0 Å². The van der Waals surface area contributed by atoms with Crippen LogP contribution in [0, 0.1) is 11.3 Å². The molecule has 2 aliphatic heterocycles. The first-order valence-corrected chi connectivity index (χ1v) is 10.1. The topological polar surface area (TPSA) is 47.3 Å². The number of halogens is 2. The smallest absolute Gasteiger partial charge is 0.229 e. The minimum Gasteiger partial charge on any atom is -0.344 e. The van der Waals surface area contributed by atoms with Crippen molar-refractivity contribution in [1.29, 1.82) is 5.26 Å². The fraction of sp³-hybridized carbons (Fsp3) is 0.200. The maximum absolute atomic E-state index is 12.9. The maximum Gasteiger partial charge on any atom is 0.229 e. The van der Waals surface area contributed by atoms with Gasteiger partial charge in [0.25, 0.3) is 0 Å². The summed E-state index contributed by atoms with van der Waals surface area (Å²) in [6.07, 6.45) is 0.281. The van der Waals surface area contributed by atoms with Gasteiger partial charge in [-0.2, -0.15) is 5.26 Å². The maximum atomic E-state index is 12.9. The Morgan fingerprint density at radius 2 is 1.67 bits per heavy atom. The molecule has 4 nitrogen and oxygen atoms in total. The molecule has 0 radical (unpaired) electrons. The molecule has 2 heterocycles. The normalized spacial score (nSPS) is 19.7. The molecule has 0 N–H and O–H groups in total. The third kappa shape index (κ3) is 3.53. The molecule has 0 spiro atoms. The number of anilines is 1. The Kier molecular flexibility index (Phi) is 5.05. The van der Waals surface area contributed by atoms with Crippen LogP contribution < -0.4 is 4.90 Å². The summed E-state index contributed by atoms with van der Waals surface area (Å²) < 4.78 is 0. The minimum absolute atomic E-state index is 0.0233. The van der Waals surface area contributed by atoms with Crippen molar-refractivity contribution < 1.29 is 4.79 Å². The summed E-state index contributed by atoms with van der Waals surface area (Å²) in [5.74, 6) is 0.468. The standard InChI is InChI=1S/C20H15Cl2N3OS/c21-14-3-1-13(2-4-14)17-9-19(26)25-11-24(12-27-20(25)18(17)10-23)16-7-5-15(22)6-8-16/h1-8,17H,9,11-12H2/t17-/m0/s1. The second-order valence-corrected chi connectivity index (χ2v) is 8.20. The SMILES string of the molecule is N#CC1=C2SCN(c3ccc(Cl)cc3)CN2C(=O)C[C@H]1c1ccc(Cl)cc1. The molecule has 1 atom stereocenters. The Labute approximate surface area is 172 Å². The molecule has 2 aliphatic rings. The van der Waals surface area contributed by atoms with E-state index in [0.717, 1.165) is 16.3 Å². The molecule has 0 saturated carbocycles. The molecule has 136 valence electrons. The van der Waals surface area contributed by atoms with E-state index >= 15 is 0 Å². The molecule has 0 aromatic heterocycles. The molecule has 2 aromatic rings. The lowest BCUT2D eigenvalue weighted by molar-refractivity contribution is -0.129. The number of hydrogen-bond donors (Lipinski definition) is 0. The van der Waals surface area contributed by atoms with Gasteiger partial charge in [0.1, 0.15) is 0 Å². The highest BCUT2D eigenvalue weighted by Gasteiger charge is 2.38. The number of allylic oxidation sites excluding steroid dienone is 1. The number of thioether (sulfide) groups is 1. The number of fused-ring (bicyclic) bond motifs is 1. The van der Waals surface area contributed by atoms with E-state index in [1.165, 1.54) is 11.8 Å². The molecule has 4 rings (SSSR count). The van der Waals surface area contributed by atoms with Crippen molar-refractivity contribution in [2.24, 2.45) is 0 Å². The number of carbonyl (C=O) groups is 1. The van der Waals surface area contributed by atoms with Gasteiger partial charge in [-0.25, -0.2) is 0 Å². The number of benzene rings is 2. The van der Waals surface area contributed by atoms with Gasteiger partial charge in [-0.05, 0) is 42.0 Å². The highest BCUT2D eigenvalue weighted by Crippen LogP contribution is 2.43. The Morgan fingerprint density at radius 1 is 1.04 bits per heavy atom. The Bertz CT molecular complexity index is 951. The van der Waals surface area contributed by atoms with Gasteiger partial charge in [-0.1, -0.05) is 47.1 Å². The van der Waals surface area contributed by atoms with Gasteiger partial charge >= 0.3 is 0 Å². The van der Waals surface area contributed by atoms with E-state index in [-0.39, 0.29) is 18.2 Å². The van der Waals surface area contributed by atoms with Crippen LogP contribution in [0.1, 0.15) is 17.9 Å². The van der Waals surface area contributed by atoms with Crippen LogP contribution in [0.4, 0.5) is 5.69 Å². The first kappa shape index (κ1) is 18.2. The number of amides is 1. The molecule has 27 heavy (non-hydrogen) atoms. The highest BCUT2D eigenvalue weighted by atomic mass is 35.5. The molecule has 0 bridgehead atoms. The van der Waals surface area contributed by atoms with Crippen LogP contribution in [0.5, 0.6) is 0 Å². The molecule has 1 fully saturated rings. The first-order chi connectivity index (χ1) is 13.1. The summed E-state index contributed by atoms with van der Waals surface area (Å²) >= 11 is 13.5. The molecule has 2 aromatic carbocycles. The van der Waals surface area contributed by atoms with Crippen LogP contribution in [-0.2, 0) is 4.79 Å². The Morgan fingerprint density at radius 3 is 2.30 bits per heavy atom. The van der Waals surface area contributed by atoms with E-state index in [9.17, 15) is 10.1 Å². The van der Waals surface area contributed by atoms with E-state index in [1.54, 1.807) is 17.0 Å². The van der Waals surface area contributed by atoms with Crippen molar-refractivity contribution in [3.05, 3.63) is 74.7 Å². The van der Waals surface area contributed by atoms with E-state index < -0.39 is 0 Å². The summed E-state index contributed by atoms with van der Waals surface area (Å²) in [5, 5.41) is 11.9. The molecule has 1 saturated heterocycles. The zero-order chi connectivity index (χ0) is 19.0. The third-order valence-electron chi connectivity index (χ3n) is 4.76. The van der Waals surface area contributed by atoms with Crippen LogP contribution in [0.2, 0.25) is 10.0 Å². The average molecular weight is 416 g/mol. The number of hydrogen-bond acceptors (Lipinski definition) is 4. The van der Waals surface area contributed by atoms with Gasteiger partial charge < -0.3 is 4.90 Å². The lowest BCUT2D eigenvalue weighted by atomic mass is 9.86. The van der Waals surface area contributed by atoms with Crippen LogP contribution in [0.25, 0.3) is 0 Å². The van der Waals surface area contributed by atoms with E-state index in [1.807, 2.05) is 36.4 Å². The summed E-state index contributed by atoms with van der Waals surface area (Å²) in [6, 6.07) is 17.3. The van der Waals surface area contributed by atoms with E-state index in [4.69, 9.17) is 23.2 Å². The molecular formula is C20H15Cl2N3OS. The summed E-state index contributed by atoms with van der Waals surface area (Å²) in [7, 11) is 0. The van der Waals surface area contributed by atoms with Crippen LogP contribution in [-0.4, -0.2) is 23.4 Å². The summed E-state index contributed by atoms with van der Waals surface area (Å²) in [5.41, 5.74) is 2.59. The molecule has 7 heteroatoms. The lowest BCUT2D eigenvalue weighted by Crippen LogP contribution is -2.47. The van der Waals surface area contributed by atoms with Gasteiger partial charge in [0.15, 0.2) is 0 Å². The van der Waals surface area contributed by atoms with Crippen molar-refractivity contribution in [2.75, 3.05) is 17.4 Å². The van der Waals surface area contributed by atoms with E-state index in [2.05, 4.69) is 11.0 Å². The Balaban J connectivity index is 1.65. The fourth-order valence-electron chi connectivity index (χ4n) is 3.36. The van der Waals surface area contributed by atoms with E-state index in [0.29, 0.717) is 28.2 Å². The van der Waals surface area contributed by atoms with Crippen LogP contribution in [0.15, 0.2) is 59.1 Å². The van der Waals surface area contributed by atoms with Crippen LogP contribution >= 0.6 is 35.0 Å². The van der Waals surface area contributed by atoms with Gasteiger partial charge in [0.2, 0.25) is 5.91 Å². The first-order valence-electron chi connectivity index (χ1n) is 8.40. The molecular weight excluding hydrogens is 401 g/mol. The quantitative estimate of drug-likeness (QED) is 0.674. The van der Waals surface area contributed by atoms with Crippen molar-refractivity contribution in [3.8, 4) is 6.07 Å². The van der Waals surface area contributed by atoms with Crippen molar-refractivity contribution in [1.82, 2.24) is 4.90 Å². The average Bonchev–Trinajstić information content (AvgIpc) is 2.69. The zero-order valence-electron chi connectivity index (χ0n) is 14.2. The second-order valence-electron chi connectivity index (χ2n) is 6.39. The summed E-state index contributed by atoms with van der Waals surface area (Å²) in [4.78, 5) is 16.7. The number of nitriles is 1. The van der Waals surface area contributed by atoms with Gasteiger partial charge in [0, 0.05) is 28.1 Å². The molecule has 1 amide bonds. The van der Waals surface area contributed by atoms with Crippen LogP contribution in [0.3, 0.4) is 0 Å². The van der Waals surface area contributed by atoms with Crippen molar-refractivity contribution in [3.63, 3.8) is 0 Å². The molecule has 0 aliphatic carbocycles. The predicted molar refractivity (Wildman–Crippen MR) is 110 cm³/mol. The predicted octanol–water partition coefficient (Wildman–Crippen LogP) is 5.21. The van der Waals surface area contributed by atoms with Gasteiger partial charge in [0.05, 0.1) is 29.2 Å². The Hall–Kier alpha value is -2.13. The van der Waals surface area contributed by atoms with Crippen molar-refractivity contribution >= 4 is 46.6 Å². The largest absolute Gasteiger partial charge is 0.344 e. The molecule has 0 unspecified atom stereocenters. The van der Waals surface area contributed by atoms with Gasteiger partial charge in [-0.3, -0.25) is 9.69 Å². The minimum atomic E-state index is -0.222. The third-order valence-corrected chi connectivity index (χ3v) is 6.42. The summed E-state index contributed by atoms with van der Waals surface area (Å²) in [6.45, 7) is 0.432. The monoisotopic (exact) mass is 415 g/mol. The lowest BCUT2D eigenvalue weighted by Gasteiger charge is -2.42. The number of nitrogens with zero attached hydrogens (tertiary/aromatic N) is 3. The zero-order valence-corrected chi connectivity index (χ0v) is 16.6. The number of carbonyl (C=O) groups excluding carboxylic acids is 1. The van der Waals surface area contributed by atoms with Crippen molar-refractivity contribution in [2.45, 2.75) is 12.3 Å². The second kappa shape index (κ2) is 7.47. The fourth-order valence-corrected chi connectivity index (χ4v) is 4.78.